The molecule has 3 saturated carbocycles. The van der Waals surface area contributed by atoms with Crippen LogP contribution in [0.1, 0.15) is 42.5 Å². The minimum atomic E-state index is -0.435. The number of hydrogen-bond acceptors (Lipinski definition) is 5. The molecular weight excluding hydrogens is 425 g/mol. The van der Waals surface area contributed by atoms with Crippen LogP contribution in [0.25, 0.3) is 0 Å². The molecule has 2 amide bonds. The van der Waals surface area contributed by atoms with Gasteiger partial charge in [0.25, 0.3) is 0 Å². The van der Waals surface area contributed by atoms with Crippen molar-refractivity contribution < 1.29 is 28.3 Å². The highest BCUT2D eigenvalue weighted by Crippen LogP contribution is 2.65. The Balaban J connectivity index is 1.04. The van der Waals surface area contributed by atoms with E-state index in [1.807, 2.05) is 0 Å². The predicted molar refractivity (Wildman–Crippen MR) is 114 cm³/mol. The monoisotopic (exact) mass is 451 g/mol. The summed E-state index contributed by atoms with van der Waals surface area (Å²) >= 11 is 0. The number of ketones is 1. The smallest absolute Gasteiger partial charge is 0.309 e. The molecule has 6 atom stereocenters. The van der Waals surface area contributed by atoms with Gasteiger partial charge in [-0.1, -0.05) is 12.2 Å². The number of carbonyl (C=O) groups is 4. The Labute approximate surface area is 191 Å². The largest absolute Gasteiger partial charge is 0.457 e. The van der Waals surface area contributed by atoms with E-state index in [1.165, 1.54) is 29.2 Å². The number of ether oxygens (including phenoxy) is 1. The van der Waals surface area contributed by atoms with Crippen molar-refractivity contribution in [3.63, 3.8) is 0 Å². The molecule has 0 spiro atoms. The van der Waals surface area contributed by atoms with Gasteiger partial charge in [-0.05, 0) is 80.0 Å². The summed E-state index contributed by atoms with van der Waals surface area (Å²) < 4.78 is 18.2. The van der Waals surface area contributed by atoms with Gasteiger partial charge in [0.1, 0.15) is 5.82 Å². The molecule has 0 aromatic heterocycles. The molecule has 0 unspecified atom stereocenters. The van der Waals surface area contributed by atoms with E-state index in [9.17, 15) is 23.6 Å². The lowest BCUT2D eigenvalue weighted by Gasteiger charge is -2.37. The first-order valence-corrected chi connectivity index (χ1v) is 11.9. The predicted octanol–water partition coefficient (Wildman–Crippen LogP) is 3.16. The van der Waals surface area contributed by atoms with E-state index >= 15 is 0 Å². The van der Waals surface area contributed by atoms with E-state index < -0.39 is 11.8 Å². The Morgan fingerprint density at radius 2 is 1.48 bits per heavy atom. The molecule has 1 aliphatic heterocycles. The van der Waals surface area contributed by atoms with E-state index in [2.05, 4.69) is 12.2 Å². The first kappa shape index (κ1) is 20.8. The summed E-state index contributed by atoms with van der Waals surface area (Å²) in [5.41, 5.74) is 0.293. The van der Waals surface area contributed by atoms with Gasteiger partial charge in [-0.3, -0.25) is 24.1 Å². The van der Waals surface area contributed by atoms with Crippen LogP contribution in [0.3, 0.4) is 0 Å². The van der Waals surface area contributed by atoms with Crippen molar-refractivity contribution in [2.24, 2.45) is 41.4 Å². The van der Waals surface area contributed by atoms with Crippen LogP contribution in [0.4, 0.5) is 4.39 Å². The number of nitrogens with zero attached hydrogens (tertiary/aromatic N) is 1. The molecule has 2 bridgehead atoms. The Morgan fingerprint density at radius 3 is 2.06 bits per heavy atom. The van der Waals surface area contributed by atoms with Crippen LogP contribution in [0.15, 0.2) is 36.4 Å². The Bertz CT molecular complexity index is 1020. The molecule has 7 rings (SSSR count). The van der Waals surface area contributed by atoms with E-state index in [4.69, 9.17) is 4.74 Å². The first-order valence-electron chi connectivity index (χ1n) is 11.9. The molecule has 1 heterocycles. The zero-order chi connectivity index (χ0) is 22.9. The van der Waals surface area contributed by atoms with Gasteiger partial charge in [-0.2, -0.15) is 0 Å². The normalized spacial score (nSPS) is 38.2. The Kier molecular flexibility index (Phi) is 4.78. The highest BCUT2D eigenvalue weighted by molar-refractivity contribution is 6.06. The molecule has 6 aliphatic rings. The maximum atomic E-state index is 13.3. The van der Waals surface area contributed by atoms with Crippen LogP contribution in [0, 0.1) is 47.2 Å². The molecule has 7 heteroatoms. The maximum Gasteiger partial charge on any atom is 0.309 e. The molecule has 1 aromatic carbocycles. The SMILES string of the molecule is O=C(COC(=O)C1CCC(N2C(=O)[C@@H]3[C@H]4C=C[C@H]([C@H]5C[C@H]45)[C@@H]3C2=O)CC1)c1ccc(F)cc1. The molecular formula is C26H26FNO5. The summed E-state index contributed by atoms with van der Waals surface area (Å²) in [6, 6.07) is 4.96. The Hall–Kier alpha value is -2.83. The molecule has 1 aromatic rings. The number of likely N-dealkylation sites (tertiary alicyclic amines) is 1. The second-order valence-electron chi connectivity index (χ2n) is 10.2. The van der Waals surface area contributed by atoms with E-state index in [0.29, 0.717) is 43.1 Å². The number of amides is 2. The number of Topliss-reactive ketones (excluding diaryl/α,β-unsaturated/α-hetero) is 1. The van der Waals surface area contributed by atoms with Crippen molar-refractivity contribution >= 4 is 23.6 Å². The number of benzene rings is 1. The zero-order valence-electron chi connectivity index (χ0n) is 18.2. The third-order valence-electron chi connectivity index (χ3n) is 8.60. The quantitative estimate of drug-likeness (QED) is 0.297. The number of imide groups is 1. The summed E-state index contributed by atoms with van der Waals surface area (Å²) in [6.07, 6.45) is 7.71. The van der Waals surface area contributed by atoms with Crippen LogP contribution >= 0.6 is 0 Å². The second kappa shape index (κ2) is 7.61. The van der Waals surface area contributed by atoms with Crippen molar-refractivity contribution in [1.82, 2.24) is 4.90 Å². The molecule has 0 radical (unpaired) electrons. The molecule has 0 N–H and O–H groups in total. The van der Waals surface area contributed by atoms with Gasteiger partial charge in [-0.15, -0.1) is 0 Å². The van der Waals surface area contributed by atoms with E-state index in [0.717, 1.165) is 6.42 Å². The van der Waals surface area contributed by atoms with Gasteiger partial charge in [0.05, 0.1) is 17.8 Å². The third-order valence-corrected chi connectivity index (χ3v) is 8.60. The van der Waals surface area contributed by atoms with Gasteiger partial charge >= 0.3 is 5.97 Å². The van der Waals surface area contributed by atoms with Gasteiger partial charge in [0, 0.05) is 11.6 Å². The number of rotatable bonds is 5. The third kappa shape index (κ3) is 3.27. The molecule has 1 saturated heterocycles. The van der Waals surface area contributed by atoms with Crippen LogP contribution in [0.2, 0.25) is 0 Å². The van der Waals surface area contributed by atoms with Crippen LogP contribution in [-0.2, 0) is 19.1 Å². The van der Waals surface area contributed by atoms with Crippen molar-refractivity contribution in [3.05, 3.63) is 47.8 Å². The topological polar surface area (TPSA) is 80.8 Å². The van der Waals surface area contributed by atoms with E-state index in [-0.39, 0.29) is 59.8 Å². The van der Waals surface area contributed by atoms with Crippen LogP contribution < -0.4 is 0 Å². The van der Waals surface area contributed by atoms with Gasteiger partial charge in [0.15, 0.2) is 12.4 Å². The summed E-state index contributed by atoms with van der Waals surface area (Å²) in [7, 11) is 0. The Morgan fingerprint density at radius 1 is 0.909 bits per heavy atom. The molecule has 4 fully saturated rings. The fraction of sp³-hybridized carbons (Fsp3) is 0.538. The molecule has 6 nitrogen and oxygen atoms in total. The summed E-state index contributed by atoms with van der Waals surface area (Å²) in [5.74, 6) is -0.370. The zero-order valence-corrected chi connectivity index (χ0v) is 18.2. The number of allylic oxidation sites excluding steroid dienone is 2. The number of hydrogen-bond donors (Lipinski definition) is 0. The van der Waals surface area contributed by atoms with Crippen molar-refractivity contribution in [3.8, 4) is 0 Å². The highest BCUT2D eigenvalue weighted by atomic mass is 19.1. The minimum Gasteiger partial charge on any atom is -0.457 e. The lowest BCUT2D eigenvalue weighted by Crippen LogP contribution is -2.44. The van der Waals surface area contributed by atoms with Gasteiger partial charge in [0.2, 0.25) is 11.8 Å². The number of carbonyl (C=O) groups excluding carboxylic acids is 4. The molecule has 5 aliphatic carbocycles. The number of halogens is 1. The second-order valence-corrected chi connectivity index (χ2v) is 10.2. The van der Waals surface area contributed by atoms with Crippen molar-refractivity contribution in [2.75, 3.05) is 6.61 Å². The lowest BCUT2D eigenvalue weighted by atomic mass is 9.63. The highest BCUT2D eigenvalue weighted by Gasteiger charge is 2.67. The summed E-state index contributed by atoms with van der Waals surface area (Å²) in [4.78, 5) is 52.7. The number of esters is 1. The molecule has 33 heavy (non-hydrogen) atoms. The maximum absolute atomic E-state index is 13.3. The minimum absolute atomic E-state index is 0.00868. The fourth-order valence-corrected chi connectivity index (χ4v) is 6.88. The van der Waals surface area contributed by atoms with Gasteiger partial charge in [-0.25, -0.2) is 4.39 Å². The average molecular weight is 451 g/mol. The average Bonchev–Trinajstić information content (AvgIpc) is 3.61. The first-order chi connectivity index (χ1) is 15.9. The van der Waals surface area contributed by atoms with Gasteiger partial charge < -0.3 is 4.74 Å². The van der Waals surface area contributed by atoms with Crippen LogP contribution in [0.5, 0.6) is 0 Å². The summed E-state index contributed by atoms with van der Waals surface area (Å²) in [6.45, 7) is -0.380. The standard InChI is InChI=1S/C26H26FNO5/c27-15-5-1-13(2-6-15)21(29)12-33-26(32)14-3-7-16(8-4-14)28-24(30)22-17-9-10-18(20-11-19(17)20)23(22)25(28)31/h1-2,5-6,9-10,14,16-20,22-23H,3-4,7-8,11-12H2/t14?,16?,17-,18+,19-,20-,22+,23-/m1/s1. The molecule has 172 valence electrons. The van der Waals surface area contributed by atoms with Crippen molar-refractivity contribution in [1.29, 1.82) is 0 Å². The van der Waals surface area contributed by atoms with Crippen molar-refractivity contribution in [2.45, 2.75) is 38.1 Å². The fourth-order valence-electron chi connectivity index (χ4n) is 6.88. The lowest BCUT2D eigenvalue weighted by molar-refractivity contribution is -0.149. The van der Waals surface area contributed by atoms with Crippen LogP contribution in [-0.4, -0.2) is 41.1 Å². The summed E-state index contributed by atoms with van der Waals surface area (Å²) in [5, 5.41) is 0. The van der Waals surface area contributed by atoms with E-state index in [1.54, 1.807) is 0 Å².